The number of aromatic nitrogens is 2. The third kappa shape index (κ3) is 5.03. The molecule has 0 radical (unpaired) electrons. The molecule has 0 saturated carbocycles. The summed E-state index contributed by atoms with van der Waals surface area (Å²) in [5.41, 5.74) is 3.53. The van der Waals surface area contributed by atoms with Crippen LogP contribution in [0.4, 0.5) is 0 Å². The first-order valence-electron chi connectivity index (χ1n) is 13.0. The van der Waals surface area contributed by atoms with Gasteiger partial charge in [0.15, 0.2) is 0 Å². The van der Waals surface area contributed by atoms with Crippen molar-refractivity contribution in [1.82, 2.24) is 19.8 Å². The number of amides is 1. The molecule has 6 nitrogen and oxygen atoms in total. The number of hydrogen-bond acceptors (Lipinski definition) is 5. The molecule has 0 spiro atoms. The van der Waals surface area contributed by atoms with Crippen LogP contribution in [0.5, 0.6) is 0 Å². The van der Waals surface area contributed by atoms with Crippen molar-refractivity contribution in [2.24, 2.45) is 5.41 Å². The maximum atomic E-state index is 14.1. The molecule has 34 heavy (non-hydrogen) atoms. The molecule has 4 heterocycles. The van der Waals surface area contributed by atoms with Crippen LogP contribution in [0.15, 0.2) is 42.9 Å². The van der Waals surface area contributed by atoms with Crippen molar-refractivity contribution in [2.75, 3.05) is 46.4 Å². The standard InChI is InChI=1S/C28H38N4O2/c1-31-14-4-6-24(21-31)25-7-3-2-5-23(25)19-28(10-17-34-18-11-28)27(33)32-15-8-22(9-16-32)26-20-29-12-13-30-26/h2-3,5,7,12-13,20,22,24H,4,6,8-11,14-19,21H2,1H3/t24-/m0/s1. The summed E-state index contributed by atoms with van der Waals surface area (Å²) in [4.78, 5) is 27.4. The molecular formula is C28H38N4O2. The van der Waals surface area contributed by atoms with Crippen LogP contribution in [0.2, 0.25) is 0 Å². The molecule has 5 rings (SSSR count). The van der Waals surface area contributed by atoms with E-state index in [4.69, 9.17) is 4.74 Å². The van der Waals surface area contributed by atoms with Crippen molar-refractivity contribution >= 4 is 5.91 Å². The topological polar surface area (TPSA) is 58.6 Å². The SMILES string of the molecule is CN1CCC[C@H](c2ccccc2CC2(C(=O)N3CCC(c4cnccn4)CC3)CCOCC2)C1. The average Bonchev–Trinajstić information content (AvgIpc) is 2.90. The molecule has 2 aromatic rings. The van der Waals surface area contributed by atoms with Crippen LogP contribution in [-0.4, -0.2) is 72.1 Å². The second kappa shape index (κ2) is 10.5. The second-order valence-electron chi connectivity index (χ2n) is 10.6. The molecule has 3 aliphatic rings. The molecule has 0 aliphatic carbocycles. The summed E-state index contributed by atoms with van der Waals surface area (Å²) in [6, 6.07) is 8.90. The summed E-state index contributed by atoms with van der Waals surface area (Å²) in [7, 11) is 2.23. The minimum absolute atomic E-state index is 0.337. The maximum absolute atomic E-state index is 14.1. The first-order valence-corrected chi connectivity index (χ1v) is 13.0. The molecule has 1 aromatic carbocycles. The Morgan fingerprint density at radius 1 is 1.06 bits per heavy atom. The normalized spacial score (nSPS) is 24.1. The molecule has 6 heteroatoms. The van der Waals surface area contributed by atoms with Gasteiger partial charge in [0.05, 0.1) is 11.1 Å². The van der Waals surface area contributed by atoms with E-state index in [0.717, 1.165) is 57.4 Å². The Labute approximate surface area is 203 Å². The van der Waals surface area contributed by atoms with Gasteiger partial charge in [0.1, 0.15) is 0 Å². The Kier molecular flexibility index (Phi) is 7.26. The first kappa shape index (κ1) is 23.4. The van der Waals surface area contributed by atoms with Crippen molar-refractivity contribution in [3.05, 3.63) is 59.7 Å². The highest BCUT2D eigenvalue weighted by Crippen LogP contribution is 2.40. The maximum Gasteiger partial charge on any atom is 0.229 e. The number of piperidine rings is 2. The molecule has 1 amide bonds. The zero-order valence-electron chi connectivity index (χ0n) is 20.5. The van der Waals surface area contributed by atoms with Crippen molar-refractivity contribution in [3.8, 4) is 0 Å². The summed E-state index contributed by atoms with van der Waals surface area (Å²) >= 11 is 0. The van der Waals surface area contributed by atoms with Gasteiger partial charge in [-0.25, -0.2) is 0 Å². The fourth-order valence-electron chi connectivity index (χ4n) is 6.34. The summed E-state index contributed by atoms with van der Waals surface area (Å²) < 4.78 is 5.74. The third-order valence-corrected chi connectivity index (χ3v) is 8.34. The van der Waals surface area contributed by atoms with E-state index < -0.39 is 0 Å². The predicted octanol–water partition coefficient (Wildman–Crippen LogP) is 4.03. The van der Waals surface area contributed by atoms with Gasteiger partial charge >= 0.3 is 0 Å². The van der Waals surface area contributed by atoms with Gasteiger partial charge in [0, 0.05) is 57.4 Å². The summed E-state index contributed by atoms with van der Waals surface area (Å²) in [6.45, 7) is 5.25. The summed E-state index contributed by atoms with van der Waals surface area (Å²) in [5, 5.41) is 0. The van der Waals surface area contributed by atoms with E-state index in [1.807, 2.05) is 6.20 Å². The van der Waals surface area contributed by atoms with Crippen LogP contribution in [0.1, 0.15) is 67.2 Å². The minimum atomic E-state index is -0.353. The highest BCUT2D eigenvalue weighted by molar-refractivity contribution is 5.83. The lowest BCUT2D eigenvalue weighted by atomic mass is 9.71. The highest BCUT2D eigenvalue weighted by atomic mass is 16.5. The number of carbonyl (C=O) groups excluding carboxylic acids is 1. The lowest BCUT2D eigenvalue weighted by Crippen LogP contribution is -2.50. The number of carbonyl (C=O) groups is 1. The largest absolute Gasteiger partial charge is 0.381 e. The highest BCUT2D eigenvalue weighted by Gasteiger charge is 2.44. The Balaban J connectivity index is 1.33. The van der Waals surface area contributed by atoms with Gasteiger partial charge in [-0.05, 0) is 75.6 Å². The average molecular weight is 463 g/mol. The van der Waals surface area contributed by atoms with E-state index in [1.54, 1.807) is 12.4 Å². The quantitative estimate of drug-likeness (QED) is 0.671. The molecule has 182 valence electrons. The monoisotopic (exact) mass is 462 g/mol. The molecule has 0 N–H and O–H groups in total. The lowest BCUT2D eigenvalue weighted by molar-refractivity contribution is -0.149. The van der Waals surface area contributed by atoms with E-state index in [-0.39, 0.29) is 5.41 Å². The number of hydrogen-bond donors (Lipinski definition) is 0. The summed E-state index contributed by atoms with van der Waals surface area (Å²) in [6.07, 6.45) is 12.2. The third-order valence-electron chi connectivity index (χ3n) is 8.34. The number of ether oxygens (including phenoxy) is 1. The van der Waals surface area contributed by atoms with Gasteiger partial charge in [-0.3, -0.25) is 14.8 Å². The number of rotatable bonds is 5. The van der Waals surface area contributed by atoms with Crippen LogP contribution < -0.4 is 0 Å². The number of likely N-dealkylation sites (tertiary alicyclic amines) is 2. The Hall–Kier alpha value is -2.31. The molecule has 3 saturated heterocycles. The van der Waals surface area contributed by atoms with E-state index in [0.29, 0.717) is 31.0 Å². The molecule has 3 fully saturated rings. The van der Waals surface area contributed by atoms with Crippen LogP contribution in [0, 0.1) is 5.41 Å². The molecule has 0 bridgehead atoms. The van der Waals surface area contributed by atoms with Gasteiger partial charge in [0.2, 0.25) is 5.91 Å². The first-order chi connectivity index (χ1) is 16.6. The molecule has 3 aliphatic heterocycles. The Bertz CT molecular complexity index is 952. The van der Waals surface area contributed by atoms with Crippen LogP contribution in [0.3, 0.4) is 0 Å². The molecule has 1 aromatic heterocycles. The van der Waals surface area contributed by atoms with Gasteiger partial charge in [0.25, 0.3) is 0 Å². The van der Waals surface area contributed by atoms with Crippen molar-refractivity contribution < 1.29 is 9.53 Å². The number of nitrogens with zero attached hydrogens (tertiary/aromatic N) is 4. The van der Waals surface area contributed by atoms with Crippen molar-refractivity contribution in [1.29, 1.82) is 0 Å². The second-order valence-corrected chi connectivity index (χ2v) is 10.6. The minimum Gasteiger partial charge on any atom is -0.381 e. The van der Waals surface area contributed by atoms with Gasteiger partial charge in [-0.15, -0.1) is 0 Å². The summed E-state index contributed by atoms with van der Waals surface area (Å²) in [5.74, 6) is 1.29. The van der Waals surface area contributed by atoms with Gasteiger partial charge in [-0.2, -0.15) is 0 Å². The van der Waals surface area contributed by atoms with Crippen LogP contribution >= 0.6 is 0 Å². The fourth-order valence-corrected chi connectivity index (χ4v) is 6.34. The van der Waals surface area contributed by atoms with Crippen LogP contribution in [-0.2, 0) is 16.0 Å². The number of likely N-dealkylation sites (N-methyl/N-ethyl adjacent to an activating group) is 1. The zero-order valence-corrected chi connectivity index (χ0v) is 20.5. The smallest absolute Gasteiger partial charge is 0.229 e. The van der Waals surface area contributed by atoms with Crippen molar-refractivity contribution in [2.45, 2.75) is 56.8 Å². The van der Waals surface area contributed by atoms with E-state index in [1.165, 1.54) is 30.5 Å². The molecular weight excluding hydrogens is 424 g/mol. The Morgan fingerprint density at radius 3 is 2.59 bits per heavy atom. The van der Waals surface area contributed by atoms with Gasteiger partial charge < -0.3 is 14.5 Å². The number of benzene rings is 1. The van der Waals surface area contributed by atoms with E-state index in [9.17, 15) is 4.79 Å². The van der Waals surface area contributed by atoms with Crippen molar-refractivity contribution in [3.63, 3.8) is 0 Å². The molecule has 0 unspecified atom stereocenters. The lowest BCUT2D eigenvalue weighted by Gasteiger charge is -2.42. The van der Waals surface area contributed by atoms with Gasteiger partial charge in [-0.1, -0.05) is 24.3 Å². The Morgan fingerprint density at radius 2 is 1.85 bits per heavy atom. The predicted molar refractivity (Wildman–Crippen MR) is 133 cm³/mol. The van der Waals surface area contributed by atoms with E-state index >= 15 is 0 Å². The molecule has 1 atom stereocenters. The zero-order chi connectivity index (χ0) is 23.4. The van der Waals surface area contributed by atoms with Crippen LogP contribution in [0.25, 0.3) is 0 Å². The van der Waals surface area contributed by atoms with E-state index in [2.05, 4.69) is 51.1 Å². The fraction of sp³-hybridized carbons (Fsp3) is 0.607.